The van der Waals surface area contributed by atoms with E-state index in [9.17, 15) is 19.5 Å². The van der Waals surface area contributed by atoms with Gasteiger partial charge in [0.25, 0.3) is 0 Å². The predicted octanol–water partition coefficient (Wildman–Crippen LogP) is 6.90. The molecule has 3 saturated carbocycles. The molecule has 8 atom stereocenters. The first-order valence-electron chi connectivity index (χ1n) is 14.4. The summed E-state index contributed by atoms with van der Waals surface area (Å²) in [6.07, 6.45) is 13.0. The van der Waals surface area contributed by atoms with Crippen LogP contribution in [0.1, 0.15) is 106 Å². The van der Waals surface area contributed by atoms with Crippen molar-refractivity contribution < 1.29 is 24.2 Å². The molecule has 0 heterocycles. The van der Waals surface area contributed by atoms with Gasteiger partial charge in [0.05, 0.1) is 10.8 Å². The summed E-state index contributed by atoms with van der Waals surface area (Å²) < 4.78 is 5.72. The van der Waals surface area contributed by atoms with Crippen molar-refractivity contribution in [1.82, 2.24) is 0 Å². The quantitative estimate of drug-likeness (QED) is 0.330. The van der Waals surface area contributed by atoms with E-state index in [-0.39, 0.29) is 45.6 Å². The zero-order chi connectivity index (χ0) is 27.2. The number of hydrogen-bond donors (Lipinski definition) is 1. The number of carbonyl (C=O) groups is 3. The molecular formula is C32H46O5. The van der Waals surface area contributed by atoms with Crippen molar-refractivity contribution in [3.05, 3.63) is 23.3 Å². The van der Waals surface area contributed by atoms with E-state index in [2.05, 4.69) is 46.8 Å². The first kappa shape index (κ1) is 26.7. The number of ether oxygens (including phenoxy) is 1. The maximum absolute atomic E-state index is 12.8. The summed E-state index contributed by atoms with van der Waals surface area (Å²) in [6.45, 7) is 15.2. The fourth-order valence-corrected chi connectivity index (χ4v) is 10.2. The molecule has 0 unspecified atom stereocenters. The van der Waals surface area contributed by atoms with Crippen molar-refractivity contribution in [3.8, 4) is 0 Å². The third-order valence-electron chi connectivity index (χ3n) is 12.7. The van der Waals surface area contributed by atoms with Crippen LogP contribution in [0.4, 0.5) is 0 Å². The van der Waals surface area contributed by atoms with Crippen LogP contribution in [0.15, 0.2) is 23.3 Å². The minimum absolute atomic E-state index is 0.0281. The van der Waals surface area contributed by atoms with Crippen LogP contribution < -0.4 is 0 Å². The highest BCUT2D eigenvalue weighted by Crippen LogP contribution is 2.74. The molecule has 0 aromatic carbocycles. The number of aldehydes is 1. The molecule has 204 valence electrons. The summed E-state index contributed by atoms with van der Waals surface area (Å²) in [5.74, 6) is -0.552. The highest BCUT2D eigenvalue weighted by Gasteiger charge is 2.68. The highest BCUT2D eigenvalue weighted by atomic mass is 16.5. The number of rotatable bonds is 3. The average molecular weight is 511 g/mol. The standard InChI is InChI=1S/C32H46O5/c1-20(34)37-25-11-12-28(4)23(29(25,5)19-33)10-13-31(7)24(28)9-8-21-22-18-27(2,3)14-16-32(22,26(35)36)17-15-30(21,31)6/h8-9,19,23-25H,10-18H2,1-7H3,(H,35,36)/t23-,24-,25-,28+,29+,30-,31-,32+/m1/s1. The van der Waals surface area contributed by atoms with Crippen molar-refractivity contribution in [3.63, 3.8) is 0 Å². The van der Waals surface area contributed by atoms with Gasteiger partial charge in [-0.25, -0.2) is 0 Å². The molecule has 0 spiro atoms. The average Bonchev–Trinajstić information content (AvgIpc) is 2.80. The summed E-state index contributed by atoms with van der Waals surface area (Å²) in [5.41, 5.74) is 0.929. The van der Waals surface area contributed by atoms with E-state index < -0.39 is 16.8 Å². The summed E-state index contributed by atoms with van der Waals surface area (Å²) in [7, 11) is 0. The maximum Gasteiger partial charge on any atom is 0.313 e. The lowest BCUT2D eigenvalue weighted by Gasteiger charge is -2.69. The lowest BCUT2D eigenvalue weighted by atomic mass is 9.35. The molecular weight excluding hydrogens is 464 g/mol. The Labute approximate surface area is 222 Å². The first-order chi connectivity index (χ1) is 17.1. The van der Waals surface area contributed by atoms with E-state index in [0.717, 1.165) is 51.2 Å². The van der Waals surface area contributed by atoms with E-state index in [1.165, 1.54) is 18.1 Å². The van der Waals surface area contributed by atoms with Crippen LogP contribution in [-0.2, 0) is 19.1 Å². The lowest BCUT2D eigenvalue weighted by molar-refractivity contribution is -0.198. The van der Waals surface area contributed by atoms with Gasteiger partial charge in [0.2, 0.25) is 0 Å². The van der Waals surface area contributed by atoms with E-state index in [1.54, 1.807) is 0 Å². The van der Waals surface area contributed by atoms with Gasteiger partial charge in [0.15, 0.2) is 0 Å². The smallest absolute Gasteiger partial charge is 0.313 e. The van der Waals surface area contributed by atoms with E-state index in [0.29, 0.717) is 12.8 Å². The Kier molecular flexibility index (Phi) is 5.81. The Hall–Kier alpha value is -1.91. The lowest BCUT2D eigenvalue weighted by Crippen LogP contribution is -2.64. The molecule has 0 aromatic rings. The fourth-order valence-electron chi connectivity index (χ4n) is 10.2. The molecule has 5 rings (SSSR count). The van der Waals surface area contributed by atoms with Gasteiger partial charge in [-0.3, -0.25) is 9.59 Å². The topological polar surface area (TPSA) is 80.7 Å². The van der Waals surface area contributed by atoms with Crippen LogP contribution in [0.25, 0.3) is 0 Å². The minimum atomic E-state index is -0.725. The van der Waals surface area contributed by atoms with Gasteiger partial charge in [-0.05, 0) is 109 Å². The molecule has 0 aromatic heterocycles. The molecule has 5 nitrogen and oxygen atoms in total. The molecule has 0 aliphatic heterocycles. The summed E-state index contributed by atoms with van der Waals surface area (Å²) in [6, 6.07) is 0. The van der Waals surface area contributed by atoms with Gasteiger partial charge in [-0.1, -0.05) is 46.8 Å². The second-order valence-electron chi connectivity index (χ2n) is 14.9. The maximum atomic E-state index is 12.8. The number of fused-ring (bicyclic) bond motifs is 6. The molecule has 5 aliphatic rings. The van der Waals surface area contributed by atoms with Crippen molar-refractivity contribution >= 4 is 18.2 Å². The van der Waals surface area contributed by atoms with Gasteiger partial charge in [0, 0.05) is 6.92 Å². The second-order valence-corrected chi connectivity index (χ2v) is 14.9. The summed E-state index contributed by atoms with van der Waals surface area (Å²) in [4.78, 5) is 37.3. The number of carboxylic acids is 1. The van der Waals surface area contributed by atoms with Gasteiger partial charge >= 0.3 is 11.9 Å². The summed E-state index contributed by atoms with van der Waals surface area (Å²) >= 11 is 0. The number of allylic oxidation sites excluding steroid dienone is 3. The Morgan fingerprint density at radius 2 is 1.65 bits per heavy atom. The fraction of sp³-hybridized carbons (Fsp3) is 0.781. The molecule has 0 radical (unpaired) electrons. The van der Waals surface area contributed by atoms with Crippen LogP contribution >= 0.6 is 0 Å². The SMILES string of the molecule is CC(=O)O[C@@H]1CC[C@]2(C)[C@H]3C=CC4=C5CC(C)(C)CC[C@]5(C(=O)O)CC[C@@]4(C)[C@]3(C)CC[C@H]2[C@]1(C)C=O. The number of hydrogen-bond acceptors (Lipinski definition) is 4. The second kappa shape index (κ2) is 8.05. The van der Waals surface area contributed by atoms with E-state index in [4.69, 9.17) is 4.74 Å². The van der Waals surface area contributed by atoms with Gasteiger partial charge in [-0.2, -0.15) is 0 Å². The molecule has 0 amide bonds. The molecule has 3 fully saturated rings. The number of aliphatic carboxylic acids is 1. The van der Waals surface area contributed by atoms with Gasteiger partial charge in [0.1, 0.15) is 12.4 Å². The normalized spacial score (nSPS) is 48.1. The molecule has 5 aliphatic carbocycles. The minimum Gasteiger partial charge on any atom is -0.481 e. The van der Waals surface area contributed by atoms with Crippen LogP contribution in [0.3, 0.4) is 0 Å². The third-order valence-corrected chi connectivity index (χ3v) is 12.7. The van der Waals surface area contributed by atoms with Crippen LogP contribution in [-0.4, -0.2) is 29.4 Å². The predicted molar refractivity (Wildman–Crippen MR) is 143 cm³/mol. The molecule has 5 heteroatoms. The summed E-state index contributed by atoms with van der Waals surface area (Å²) in [5, 5.41) is 10.5. The van der Waals surface area contributed by atoms with E-state index >= 15 is 0 Å². The number of esters is 1. The molecule has 0 saturated heterocycles. The van der Waals surface area contributed by atoms with E-state index in [1.807, 2.05) is 6.92 Å². The monoisotopic (exact) mass is 510 g/mol. The van der Waals surface area contributed by atoms with Crippen molar-refractivity contribution in [1.29, 1.82) is 0 Å². The molecule has 0 bridgehead atoms. The third kappa shape index (κ3) is 3.37. The Balaban J connectivity index is 1.63. The Morgan fingerprint density at radius 3 is 2.27 bits per heavy atom. The highest BCUT2D eigenvalue weighted by molar-refractivity contribution is 5.80. The van der Waals surface area contributed by atoms with Crippen LogP contribution in [0.2, 0.25) is 0 Å². The van der Waals surface area contributed by atoms with Crippen LogP contribution in [0, 0.1) is 44.3 Å². The zero-order valence-corrected chi connectivity index (χ0v) is 23.9. The Bertz CT molecular complexity index is 1100. The van der Waals surface area contributed by atoms with Crippen molar-refractivity contribution in [2.45, 2.75) is 112 Å². The van der Waals surface area contributed by atoms with Gasteiger partial charge < -0.3 is 14.6 Å². The molecule has 37 heavy (non-hydrogen) atoms. The largest absolute Gasteiger partial charge is 0.481 e. The van der Waals surface area contributed by atoms with Crippen molar-refractivity contribution in [2.75, 3.05) is 0 Å². The zero-order valence-electron chi connectivity index (χ0n) is 23.9. The van der Waals surface area contributed by atoms with Gasteiger partial charge in [-0.15, -0.1) is 0 Å². The Morgan fingerprint density at radius 1 is 0.973 bits per heavy atom. The molecule has 1 N–H and O–H groups in total. The van der Waals surface area contributed by atoms with Crippen molar-refractivity contribution in [2.24, 2.45) is 44.3 Å². The number of carbonyl (C=O) groups excluding carboxylic acids is 2. The first-order valence-corrected chi connectivity index (χ1v) is 14.4. The van der Waals surface area contributed by atoms with Crippen LogP contribution in [0.5, 0.6) is 0 Å². The number of carboxylic acid groups (broad SMARTS) is 1.